The number of thioether (sulfide) groups is 2. The van der Waals surface area contributed by atoms with Gasteiger partial charge in [-0.25, -0.2) is 24.9 Å². The van der Waals surface area contributed by atoms with Crippen LogP contribution in [-0.2, 0) is 12.8 Å². The van der Waals surface area contributed by atoms with Gasteiger partial charge in [-0.2, -0.15) is 4.98 Å². The van der Waals surface area contributed by atoms with E-state index in [9.17, 15) is 0 Å². The minimum Gasteiger partial charge on any atom is -0.470 e. The molecule has 0 aromatic carbocycles. The lowest BCUT2D eigenvalue weighted by Gasteiger charge is -1.91. The summed E-state index contributed by atoms with van der Waals surface area (Å²) >= 11 is 8.34. The summed E-state index contributed by atoms with van der Waals surface area (Å²) in [7, 11) is 0. The molecule has 0 radical (unpaired) electrons. The summed E-state index contributed by atoms with van der Waals surface area (Å²) in [5.74, 6) is 2.97. The summed E-state index contributed by atoms with van der Waals surface area (Å²) in [6, 6.07) is 0. The summed E-state index contributed by atoms with van der Waals surface area (Å²) in [6.45, 7) is 13.6. The van der Waals surface area contributed by atoms with Crippen LogP contribution < -0.4 is 9.47 Å². The van der Waals surface area contributed by atoms with Gasteiger partial charge in [-0.3, -0.25) is 0 Å². The molecule has 6 aromatic rings. The molecule has 0 aliphatic carbocycles. The molecule has 0 bridgehead atoms. The lowest BCUT2D eigenvalue weighted by molar-refractivity contribution is 0.244. The maximum absolute atomic E-state index is 5.05. The second-order valence-corrected chi connectivity index (χ2v) is 13.7. The summed E-state index contributed by atoms with van der Waals surface area (Å²) < 4.78 is 25.7. The molecular weight excluding hydrogens is 709 g/mol. The number of ether oxygens (including phenoxy) is 2. The Morgan fingerprint density at radius 2 is 1.23 bits per heavy atom. The maximum Gasteiger partial charge on any atom is 0.393 e. The summed E-state index contributed by atoms with van der Waals surface area (Å²) in [5, 5.41) is 8.68. The number of hydrogen-bond acceptors (Lipinski definition) is 16. The third-order valence-corrected chi connectivity index (χ3v) is 8.71. The maximum atomic E-state index is 5.05. The van der Waals surface area contributed by atoms with Crippen molar-refractivity contribution in [2.75, 3.05) is 24.7 Å². The van der Waals surface area contributed by atoms with Crippen LogP contribution in [0.1, 0.15) is 65.3 Å². The third kappa shape index (κ3) is 23.2. The van der Waals surface area contributed by atoms with Crippen molar-refractivity contribution in [3.63, 3.8) is 0 Å². The smallest absolute Gasteiger partial charge is 0.393 e. The number of aromatic nitrogens is 6. The molecular formula is C32H46N6O5S5. The molecule has 48 heavy (non-hydrogen) atoms. The topological polar surface area (TPSA) is 135 Å². The first-order chi connectivity index (χ1) is 23.6. The van der Waals surface area contributed by atoms with Crippen LogP contribution in [0.4, 0.5) is 0 Å². The van der Waals surface area contributed by atoms with E-state index >= 15 is 0 Å². The molecule has 0 saturated heterocycles. The molecule has 6 rings (SSSR count). The number of oxazole rings is 3. The van der Waals surface area contributed by atoms with Crippen molar-refractivity contribution < 1.29 is 22.7 Å². The van der Waals surface area contributed by atoms with Gasteiger partial charge in [0, 0.05) is 41.2 Å². The van der Waals surface area contributed by atoms with Gasteiger partial charge >= 0.3 is 6.08 Å². The van der Waals surface area contributed by atoms with Crippen molar-refractivity contribution in [2.24, 2.45) is 0 Å². The number of aryl methyl sites for hydroxylation is 2. The first-order valence-electron chi connectivity index (χ1n) is 15.5. The number of rotatable bonds is 12. The largest absolute Gasteiger partial charge is 0.470 e. The Morgan fingerprint density at radius 3 is 1.73 bits per heavy atom. The van der Waals surface area contributed by atoms with Crippen molar-refractivity contribution in [1.29, 1.82) is 0 Å². The van der Waals surface area contributed by atoms with E-state index in [1.54, 1.807) is 83.5 Å². The summed E-state index contributed by atoms with van der Waals surface area (Å²) in [4.78, 5) is 23.7. The van der Waals surface area contributed by atoms with Crippen LogP contribution in [-0.4, -0.2) is 54.6 Å². The Bertz CT molecular complexity index is 1110. The Labute approximate surface area is 304 Å². The van der Waals surface area contributed by atoms with Gasteiger partial charge in [0.1, 0.15) is 23.1 Å². The van der Waals surface area contributed by atoms with E-state index in [4.69, 9.17) is 22.7 Å². The number of thiazole rings is 3. The van der Waals surface area contributed by atoms with E-state index < -0.39 is 0 Å². The molecule has 6 heterocycles. The molecule has 0 N–H and O–H groups in total. The Kier molecular flexibility index (Phi) is 27.8. The van der Waals surface area contributed by atoms with Crippen LogP contribution in [0.5, 0.6) is 11.3 Å². The molecule has 0 aliphatic heterocycles. The molecule has 0 amide bonds. The highest BCUT2D eigenvalue weighted by Gasteiger charge is 1.93. The predicted molar refractivity (Wildman–Crippen MR) is 199 cm³/mol. The molecule has 0 unspecified atom stereocenters. The van der Waals surface area contributed by atoms with Crippen LogP contribution >= 0.6 is 57.5 Å². The van der Waals surface area contributed by atoms with E-state index in [0.717, 1.165) is 47.1 Å². The first kappa shape index (κ1) is 42.8. The minimum atomic E-state index is 0.340. The average Bonchev–Trinajstić information content (AvgIpc) is 3.93. The van der Waals surface area contributed by atoms with Crippen molar-refractivity contribution in [1.82, 2.24) is 29.9 Å². The zero-order valence-electron chi connectivity index (χ0n) is 28.4. The van der Waals surface area contributed by atoms with E-state index in [1.165, 1.54) is 33.4 Å². The summed E-state index contributed by atoms with van der Waals surface area (Å²) in [5.41, 5.74) is 0. The fourth-order valence-electron chi connectivity index (χ4n) is 2.80. The van der Waals surface area contributed by atoms with Crippen LogP contribution in [0.2, 0.25) is 0 Å². The van der Waals surface area contributed by atoms with Gasteiger partial charge in [-0.15, -0.1) is 22.7 Å². The molecule has 264 valence electrons. The lowest BCUT2D eigenvalue weighted by Crippen LogP contribution is -1.89. The number of nitrogens with zero attached hydrogens (tertiary/aromatic N) is 6. The van der Waals surface area contributed by atoms with E-state index in [-0.39, 0.29) is 0 Å². The van der Waals surface area contributed by atoms with Gasteiger partial charge in [0.15, 0.2) is 5.89 Å². The van der Waals surface area contributed by atoms with Crippen LogP contribution in [0.3, 0.4) is 0 Å². The lowest BCUT2D eigenvalue weighted by atomic mass is 10.3. The van der Waals surface area contributed by atoms with Gasteiger partial charge in [-0.1, -0.05) is 62.6 Å². The van der Waals surface area contributed by atoms with Gasteiger partial charge in [-0.05, 0) is 44.6 Å². The SMILES string of the molecule is CCCc1ncco1.CCCc1nccs1.CCOc1ncco1.CCOc1nccs1.CCSc1ncco1.CCSc1nccs1. The van der Waals surface area contributed by atoms with E-state index in [2.05, 4.69) is 57.6 Å². The fraction of sp³-hybridized carbons (Fsp3) is 0.438. The molecule has 0 saturated carbocycles. The molecule has 0 fully saturated rings. The van der Waals surface area contributed by atoms with E-state index in [1.807, 2.05) is 42.4 Å². The third-order valence-electron chi connectivity index (χ3n) is 4.60. The molecule has 6 aromatic heterocycles. The Hall–Kier alpha value is -3.18. The summed E-state index contributed by atoms with van der Waals surface area (Å²) in [6.07, 6.45) is 19.7. The van der Waals surface area contributed by atoms with Crippen LogP contribution in [0, 0.1) is 0 Å². The van der Waals surface area contributed by atoms with Crippen molar-refractivity contribution in [3.8, 4) is 11.3 Å². The second-order valence-electron chi connectivity index (χ2n) is 8.28. The van der Waals surface area contributed by atoms with Crippen molar-refractivity contribution in [2.45, 2.75) is 76.8 Å². The Balaban J connectivity index is 0.000000288. The standard InChI is InChI=1S/C6H9NO.C6H9NS.C5H7NO2.2C5H7NOS.C5H7NS2/c2*1-2-3-6-7-4-5-8-6;1-2-7-5-6-3-4-8-5;1-2-8-5-6-3-4-7-5;2*1-2-7-5-6-3-4-8-5/h2*4-5H,2-3H2,1H3;4*3-4H,2H2,1H3. The zero-order chi connectivity index (χ0) is 34.9. The molecule has 0 spiro atoms. The highest BCUT2D eigenvalue weighted by molar-refractivity contribution is 8.00. The minimum absolute atomic E-state index is 0.340. The van der Waals surface area contributed by atoms with Gasteiger partial charge < -0.3 is 22.7 Å². The quantitative estimate of drug-likeness (QED) is 0.110. The molecule has 0 aliphatic rings. The first-order valence-corrected chi connectivity index (χ1v) is 20.1. The highest BCUT2D eigenvalue weighted by atomic mass is 32.2. The van der Waals surface area contributed by atoms with Crippen LogP contribution in [0.25, 0.3) is 0 Å². The predicted octanol–water partition coefficient (Wildman–Crippen LogP) is 10.4. The molecule has 0 atom stereocenters. The molecule has 16 heteroatoms. The average molecular weight is 755 g/mol. The van der Waals surface area contributed by atoms with E-state index in [0.29, 0.717) is 19.3 Å². The van der Waals surface area contributed by atoms with Crippen LogP contribution in [0.15, 0.2) is 94.9 Å². The number of hydrogen-bond donors (Lipinski definition) is 0. The van der Waals surface area contributed by atoms with Crippen molar-refractivity contribution in [3.05, 3.63) is 83.0 Å². The second kappa shape index (κ2) is 31.1. The fourth-order valence-corrected chi connectivity index (χ4v) is 6.11. The van der Waals surface area contributed by atoms with Gasteiger partial charge in [0.05, 0.1) is 36.8 Å². The monoisotopic (exact) mass is 754 g/mol. The zero-order valence-corrected chi connectivity index (χ0v) is 32.4. The van der Waals surface area contributed by atoms with Gasteiger partial charge in [0.2, 0.25) is 0 Å². The normalized spacial score (nSPS) is 9.46. The van der Waals surface area contributed by atoms with Crippen molar-refractivity contribution >= 4 is 57.5 Å². The van der Waals surface area contributed by atoms with Gasteiger partial charge in [0.25, 0.3) is 10.4 Å². The Morgan fingerprint density at radius 1 is 0.583 bits per heavy atom. The molecule has 11 nitrogen and oxygen atoms in total. The highest BCUT2D eigenvalue weighted by Crippen LogP contribution is 2.18.